The van der Waals surface area contributed by atoms with Gasteiger partial charge >= 0.3 is 18.4 Å². The van der Waals surface area contributed by atoms with Crippen molar-refractivity contribution in [2.45, 2.75) is 69.0 Å². The Kier molecular flexibility index (Phi) is 5.21. The van der Waals surface area contributed by atoms with Crippen LogP contribution < -0.4 is 4.74 Å². The molecule has 3 heterocycles. The first kappa shape index (κ1) is 21.6. The second-order valence-electron chi connectivity index (χ2n) is 8.66. The summed E-state index contributed by atoms with van der Waals surface area (Å²) in [5.74, 6) is -0.983. The fourth-order valence-electron chi connectivity index (χ4n) is 4.93. The van der Waals surface area contributed by atoms with Gasteiger partial charge in [-0.1, -0.05) is 17.3 Å². The monoisotopic (exact) mass is 466 g/mol. The number of alkyl halides is 3. The van der Waals surface area contributed by atoms with Gasteiger partial charge in [-0.15, -0.1) is 13.2 Å². The van der Waals surface area contributed by atoms with Crippen LogP contribution in [0.2, 0.25) is 0 Å². The normalized spacial score (nSPS) is 24.6. The maximum absolute atomic E-state index is 13.3. The van der Waals surface area contributed by atoms with Gasteiger partial charge in [0, 0.05) is 36.4 Å². The Balaban J connectivity index is 1.43. The van der Waals surface area contributed by atoms with E-state index < -0.39 is 30.3 Å². The van der Waals surface area contributed by atoms with Crippen LogP contribution in [0.4, 0.5) is 18.0 Å². The Labute approximate surface area is 186 Å². The number of carbonyl (C=O) groups is 2. The highest BCUT2D eigenvalue weighted by molar-refractivity contribution is 5.98. The third kappa shape index (κ3) is 4.23. The van der Waals surface area contributed by atoms with Gasteiger partial charge in [-0.05, 0) is 37.8 Å². The molecule has 3 atom stereocenters. The number of amides is 1. The van der Waals surface area contributed by atoms with Gasteiger partial charge in [0.15, 0.2) is 5.76 Å². The molecule has 11 heteroatoms. The summed E-state index contributed by atoms with van der Waals surface area (Å²) in [5, 5.41) is 13.3. The van der Waals surface area contributed by atoms with Crippen molar-refractivity contribution in [3.8, 4) is 17.0 Å². The Morgan fingerprint density at radius 3 is 2.36 bits per heavy atom. The SMILES string of the molecule is O=C(O[C@H]1C[C@H]2CC[C@@H](C1)N2C(=O)O)c1c(-c2ccccc2OC(F)(F)F)noc1C1CC1. The summed E-state index contributed by atoms with van der Waals surface area (Å²) in [6.45, 7) is 0. The van der Waals surface area contributed by atoms with Crippen LogP contribution >= 0.6 is 0 Å². The van der Waals surface area contributed by atoms with Crippen LogP contribution in [-0.4, -0.2) is 51.8 Å². The molecule has 3 aliphatic rings. The van der Waals surface area contributed by atoms with E-state index in [1.54, 1.807) is 0 Å². The van der Waals surface area contributed by atoms with E-state index >= 15 is 0 Å². The van der Waals surface area contributed by atoms with Gasteiger partial charge in [-0.25, -0.2) is 9.59 Å². The first-order valence-electron chi connectivity index (χ1n) is 10.8. The number of piperidine rings is 1. The number of aromatic nitrogens is 1. The number of hydrogen-bond acceptors (Lipinski definition) is 6. The minimum Gasteiger partial charge on any atom is -0.465 e. The number of fused-ring (bicyclic) bond motifs is 2. The lowest BCUT2D eigenvalue weighted by molar-refractivity contribution is -0.274. The van der Waals surface area contributed by atoms with E-state index in [1.807, 2.05) is 0 Å². The van der Waals surface area contributed by atoms with Crippen molar-refractivity contribution in [3.05, 3.63) is 35.6 Å². The molecule has 1 saturated carbocycles. The molecule has 0 spiro atoms. The molecule has 0 unspecified atom stereocenters. The molecule has 1 aromatic carbocycles. The predicted octanol–water partition coefficient (Wildman–Crippen LogP) is 4.95. The molecule has 3 fully saturated rings. The van der Waals surface area contributed by atoms with Crippen LogP contribution in [-0.2, 0) is 4.74 Å². The number of carbonyl (C=O) groups excluding carboxylic acids is 1. The smallest absolute Gasteiger partial charge is 0.465 e. The molecule has 0 radical (unpaired) electrons. The number of benzene rings is 1. The molecule has 33 heavy (non-hydrogen) atoms. The summed E-state index contributed by atoms with van der Waals surface area (Å²) in [5.41, 5.74) is -0.0883. The molecule has 2 bridgehead atoms. The van der Waals surface area contributed by atoms with E-state index in [-0.39, 0.29) is 34.8 Å². The quantitative estimate of drug-likeness (QED) is 0.622. The number of nitrogens with zero attached hydrogens (tertiary/aromatic N) is 2. The molecule has 8 nitrogen and oxygen atoms in total. The largest absolute Gasteiger partial charge is 0.573 e. The topological polar surface area (TPSA) is 102 Å². The maximum Gasteiger partial charge on any atom is 0.573 e. The maximum atomic E-state index is 13.3. The molecular weight excluding hydrogens is 445 g/mol. The van der Waals surface area contributed by atoms with Gasteiger partial charge in [0.2, 0.25) is 0 Å². The zero-order valence-electron chi connectivity index (χ0n) is 17.4. The van der Waals surface area contributed by atoms with Gasteiger partial charge in [0.1, 0.15) is 23.1 Å². The van der Waals surface area contributed by atoms with Crippen LogP contribution in [0.5, 0.6) is 5.75 Å². The lowest BCUT2D eigenvalue weighted by Crippen LogP contribution is -2.48. The lowest BCUT2D eigenvalue weighted by Gasteiger charge is -2.36. The molecule has 5 rings (SSSR count). The van der Waals surface area contributed by atoms with E-state index in [0.717, 1.165) is 18.9 Å². The average molecular weight is 466 g/mol. The predicted molar refractivity (Wildman–Crippen MR) is 106 cm³/mol. The van der Waals surface area contributed by atoms with Gasteiger partial charge in [-0.3, -0.25) is 0 Å². The standard InChI is InChI=1S/C22H21F3N2O6/c23-22(24,25)32-16-4-2-1-3-15(16)18-17(19(33-26-18)11-5-6-11)20(28)31-14-9-12-7-8-13(10-14)27(12)21(29)30/h1-4,11-14H,5-10H2,(H,29,30)/t12-,13+,14+. The number of para-hydroxylation sites is 1. The first-order valence-corrected chi connectivity index (χ1v) is 10.8. The Morgan fingerprint density at radius 1 is 1.09 bits per heavy atom. The minimum atomic E-state index is -4.92. The molecule has 176 valence electrons. The molecule has 1 aliphatic carbocycles. The van der Waals surface area contributed by atoms with E-state index in [0.29, 0.717) is 31.4 Å². The Bertz CT molecular complexity index is 1070. The zero-order valence-corrected chi connectivity index (χ0v) is 17.4. The van der Waals surface area contributed by atoms with Gasteiger partial charge in [0.05, 0.1) is 0 Å². The van der Waals surface area contributed by atoms with Crippen molar-refractivity contribution in [2.75, 3.05) is 0 Å². The summed E-state index contributed by atoms with van der Waals surface area (Å²) >= 11 is 0. The highest BCUT2D eigenvalue weighted by atomic mass is 19.4. The third-order valence-electron chi connectivity index (χ3n) is 6.42. The van der Waals surface area contributed by atoms with E-state index in [1.165, 1.54) is 23.1 Å². The molecule has 2 aromatic rings. The summed E-state index contributed by atoms with van der Waals surface area (Å²) < 4.78 is 54.0. The van der Waals surface area contributed by atoms with Crippen LogP contribution in [0, 0.1) is 0 Å². The van der Waals surface area contributed by atoms with Crippen molar-refractivity contribution in [2.24, 2.45) is 0 Å². The number of ether oxygens (including phenoxy) is 2. The second kappa shape index (κ2) is 7.96. The summed E-state index contributed by atoms with van der Waals surface area (Å²) in [7, 11) is 0. The first-order chi connectivity index (χ1) is 15.7. The highest BCUT2D eigenvalue weighted by Crippen LogP contribution is 2.46. The van der Waals surface area contributed by atoms with Crippen LogP contribution in [0.15, 0.2) is 28.8 Å². The highest BCUT2D eigenvalue weighted by Gasteiger charge is 2.45. The second-order valence-corrected chi connectivity index (χ2v) is 8.66. The fraction of sp³-hybridized carbons (Fsp3) is 0.500. The molecule has 1 aromatic heterocycles. The lowest BCUT2D eigenvalue weighted by atomic mass is 9.99. The van der Waals surface area contributed by atoms with Crippen LogP contribution in [0.25, 0.3) is 11.3 Å². The molecular formula is C22H21F3N2O6. The van der Waals surface area contributed by atoms with Crippen LogP contribution in [0.3, 0.4) is 0 Å². The summed E-state index contributed by atoms with van der Waals surface area (Å²) in [4.78, 5) is 26.2. The zero-order chi connectivity index (χ0) is 23.3. The molecule has 2 saturated heterocycles. The molecule has 1 N–H and O–H groups in total. The van der Waals surface area contributed by atoms with E-state index in [9.17, 15) is 27.9 Å². The molecule has 2 aliphatic heterocycles. The van der Waals surface area contributed by atoms with Crippen molar-refractivity contribution in [1.82, 2.24) is 10.1 Å². The van der Waals surface area contributed by atoms with Crippen molar-refractivity contribution >= 4 is 12.1 Å². The van der Waals surface area contributed by atoms with Crippen molar-refractivity contribution in [1.29, 1.82) is 0 Å². The van der Waals surface area contributed by atoms with Crippen molar-refractivity contribution < 1.29 is 41.9 Å². The summed E-state index contributed by atoms with van der Waals surface area (Å²) in [6.07, 6.45) is -2.68. The number of rotatable bonds is 5. The third-order valence-corrected chi connectivity index (χ3v) is 6.42. The number of esters is 1. The fourth-order valence-corrected chi connectivity index (χ4v) is 4.93. The minimum absolute atomic E-state index is 0.00346. The van der Waals surface area contributed by atoms with Crippen molar-refractivity contribution in [3.63, 3.8) is 0 Å². The number of carboxylic acid groups (broad SMARTS) is 1. The number of hydrogen-bond donors (Lipinski definition) is 1. The van der Waals surface area contributed by atoms with Gasteiger partial charge in [-0.2, -0.15) is 0 Å². The van der Waals surface area contributed by atoms with E-state index in [2.05, 4.69) is 9.89 Å². The summed E-state index contributed by atoms with van der Waals surface area (Å²) in [6, 6.07) is 4.98. The Morgan fingerprint density at radius 2 is 1.76 bits per heavy atom. The average Bonchev–Trinajstić information content (AvgIpc) is 3.42. The Hall–Kier alpha value is -3.24. The number of halogens is 3. The van der Waals surface area contributed by atoms with Gasteiger partial charge < -0.3 is 24.0 Å². The van der Waals surface area contributed by atoms with Gasteiger partial charge in [0.25, 0.3) is 0 Å². The van der Waals surface area contributed by atoms with Crippen LogP contribution in [0.1, 0.15) is 60.6 Å². The molecule has 1 amide bonds. The van der Waals surface area contributed by atoms with E-state index in [4.69, 9.17) is 9.26 Å².